The summed E-state index contributed by atoms with van der Waals surface area (Å²) in [6.07, 6.45) is 4.91. The third-order valence-corrected chi connectivity index (χ3v) is 3.54. The van der Waals surface area contributed by atoms with Gasteiger partial charge < -0.3 is 10.2 Å². The van der Waals surface area contributed by atoms with Gasteiger partial charge in [-0.05, 0) is 64.0 Å². The Morgan fingerprint density at radius 3 is 2.55 bits per heavy atom. The Morgan fingerprint density at radius 1 is 1.20 bits per heavy atom. The lowest BCUT2D eigenvalue weighted by Crippen LogP contribution is -2.27. The van der Waals surface area contributed by atoms with E-state index in [1.54, 1.807) is 0 Å². The molecule has 0 heterocycles. The van der Waals surface area contributed by atoms with Crippen LogP contribution in [-0.4, -0.2) is 31.1 Å². The molecule has 0 aliphatic carbocycles. The van der Waals surface area contributed by atoms with Gasteiger partial charge in [-0.2, -0.15) is 0 Å². The maximum Gasteiger partial charge on any atom is 0.123 e. The third-order valence-electron chi connectivity index (χ3n) is 3.54. The van der Waals surface area contributed by atoms with Gasteiger partial charge >= 0.3 is 0 Å². The van der Waals surface area contributed by atoms with Crippen LogP contribution in [0.1, 0.15) is 45.1 Å². The Balaban J connectivity index is 2.11. The van der Waals surface area contributed by atoms with Crippen molar-refractivity contribution in [2.45, 2.75) is 52.1 Å². The molecule has 0 amide bonds. The standard InChI is InChI=1S/C17H29FN2/c1-4-12-19-15(2)7-5-6-13-20(3)14-16-8-10-17(18)11-9-16/h8-11,15,19H,4-7,12-14H2,1-3H3. The fourth-order valence-corrected chi connectivity index (χ4v) is 2.31. The van der Waals surface area contributed by atoms with Crippen molar-refractivity contribution in [3.05, 3.63) is 35.6 Å². The molecule has 1 aromatic carbocycles. The second kappa shape index (κ2) is 9.89. The minimum atomic E-state index is -0.162. The highest BCUT2D eigenvalue weighted by Gasteiger charge is 2.03. The maximum atomic E-state index is 12.8. The van der Waals surface area contributed by atoms with Crippen molar-refractivity contribution < 1.29 is 4.39 Å². The van der Waals surface area contributed by atoms with Crippen LogP contribution in [0.25, 0.3) is 0 Å². The average molecular weight is 280 g/mol. The molecule has 2 nitrogen and oxygen atoms in total. The Morgan fingerprint density at radius 2 is 1.90 bits per heavy atom. The normalized spacial score (nSPS) is 12.8. The highest BCUT2D eigenvalue weighted by atomic mass is 19.1. The second-order valence-corrected chi connectivity index (χ2v) is 5.72. The minimum Gasteiger partial charge on any atom is -0.314 e. The van der Waals surface area contributed by atoms with Crippen molar-refractivity contribution in [1.29, 1.82) is 0 Å². The summed E-state index contributed by atoms with van der Waals surface area (Å²) in [5.74, 6) is -0.162. The van der Waals surface area contributed by atoms with Gasteiger partial charge in [0.15, 0.2) is 0 Å². The molecule has 0 radical (unpaired) electrons. The van der Waals surface area contributed by atoms with E-state index in [1.165, 1.54) is 43.4 Å². The van der Waals surface area contributed by atoms with Crippen molar-refractivity contribution in [2.75, 3.05) is 20.1 Å². The number of halogens is 1. The number of benzene rings is 1. The van der Waals surface area contributed by atoms with Gasteiger partial charge in [-0.3, -0.25) is 0 Å². The summed E-state index contributed by atoms with van der Waals surface area (Å²) < 4.78 is 12.8. The van der Waals surface area contributed by atoms with Gasteiger partial charge in [0.2, 0.25) is 0 Å². The van der Waals surface area contributed by atoms with E-state index in [9.17, 15) is 4.39 Å². The van der Waals surface area contributed by atoms with Gasteiger partial charge in [0.05, 0.1) is 0 Å². The first kappa shape index (κ1) is 17.1. The van der Waals surface area contributed by atoms with Gasteiger partial charge in [0.1, 0.15) is 5.82 Å². The number of hydrogen-bond acceptors (Lipinski definition) is 2. The zero-order valence-corrected chi connectivity index (χ0v) is 13.2. The summed E-state index contributed by atoms with van der Waals surface area (Å²) in [4.78, 5) is 2.30. The summed E-state index contributed by atoms with van der Waals surface area (Å²) in [6.45, 7) is 7.56. The van der Waals surface area contributed by atoms with Gasteiger partial charge in [-0.15, -0.1) is 0 Å². The first-order chi connectivity index (χ1) is 9.61. The molecule has 1 N–H and O–H groups in total. The van der Waals surface area contributed by atoms with Crippen molar-refractivity contribution in [1.82, 2.24) is 10.2 Å². The summed E-state index contributed by atoms with van der Waals surface area (Å²) in [5, 5.41) is 3.52. The monoisotopic (exact) mass is 280 g/mol. The molecule has 1 aromatic rings. The number of hydrogen-bond donors (Lipinski definition) is 1. The fraction of sp³-hybridized carbons (Fsp3) is 0.647. The van der Waals surface area contributed by atoms with Crippen LogP contribution in [0.2, 0.25) is 0 Å². The molecule has 0 saturated carbocycles. The van der Waals surface area contributed by atoms with Crippen LogP contribution < -0.4 is 5.32 Å². The molecular formula is C17H29FN2. The lowest BCUT2D eigenvalue weighted by Gasteiger charge is -2.18. The minimum absolute atomic E-state index is 0.162. The molecule has 1 unspecified atom stereocenters. The lowest BCUT2D eigenvalue weighted by atomic mass is 10.1. The molecule has 114 valence electrons. The molecule has 3 heteroatoms. The number of nitrogens with zero attached hydrogens (tertiary/aromatic N) is 1. The molecule has 0 fully saturated rings. The van der Waals surface area contributed by atoms with Gasteiger partial charge in [-0.25, -0.2) is 4.39 Å². The zero-order chi connectivity index (χ0) is 14.8. The largest absolute Gasteiger partial charge is 0.314 e. The number of unbranched alkanes of at least 4 members (excludes halogenated alkanes) is 1. The summed E-state index contributed by atoms with van der Waals surface area (Å²) >= 11 is 0. The Bertz CT molecular complexity index is 351. The molecule has 0 spiro atoms. The smallest absolute Gasteiger partial charge is 0.123 e. The van der Waals surface area contributed by atoms with E-state index in [-0.39, 0.29) is 5.82 Å². The second-order valence-electron chi connectivity index (χ2n) is 5.72. The molecule has 0 saturated heterocycles. The molecular weight excluding hydrogens is 251 g/mol. The highest BCUT2D eigenvalue weighted by molar-refractivity contribution is 5.15. The van der Waals surface area contributed by atoms with Crippen LogP contribution in [0.4, 0.5) is 4.39 Å². The van der Waals surface area contributed by atoms with Gasteiger partial charge in [0.25, 0.3) is 0 Å². The molecule has 0 bridgehead atoms. The predicted octanol–water partition coefficient (Wildman–Crippen LogP) is 3.82. The Hall–Kier alpha value is -0.930. The zero-order valence-electron chi connectivity index (χ0n) is 13.2. The summed E-state index contributed by atoms with van der Waals surface area (Å²) in [5.41, 5.74) is 1.17. The third kappa shape index (κ3) is 7.61. The van der Waals surface area contributed by atoms with Crippen molar-refractivity contribution in [2.24, 2.45) is 0 Å². The molecule has 1 atom stereocenters. The predicted molar refractivity (Wildman–Crippen MR) is 84.3 cm³/mol. The van der Waals surface area contributed by atoms with Crippen LogP contribution in [0, 0.1) is 5.82 Å². The van der Waals surface area contributed by atoms with Crippen LogP contribution in [0.3, 0.4) is 0 Å². The van der Waals surface area contributed by atoms with Crippen molar-refractivity contribution >= 4 is 0 Å². The van der Waals surface area contributed by atoms with Gasteiger partial charge in [-0.1, -0.05) is 25.5 Å². The molecule has 0 aliphatic heterocycles. The first-order valence-corrected chi connectivity index (χ1v) is 7.78. The molecule has 0 aromatic heterocycles. The topological polar surface area (TPSA) is 15.3 Å². The molecule has 0 aliphatic rings. The van der Waals surface area contributed by atoms with Crippen LogP contribution in [0.5, 0.6) is 0 Å². The molecule has 20 heavy (non-hydrogen) atoms. The van der Waals surface area contributed by atoms with E-state index in [0.29, 0.717) is 6.04 Å². The quantitative estimate of drug-likeness (QED) is 0.656. The van der Waals surface area contributed by atoms with E-state index >= 15 is 0 Å². The SMILES string of the molecule is CCCNC(C)CCCCN(C)Cc1ccc(F)cc1. The maximum absolute atomic E-state index is 12.8. The number of rotatable bonds is 10. The average Bonchev–Trinajstić information content (AvgIpc) is 2.44. The van der Waals surface area contributed by atoms with E-state index < -0.39 is 0 Å². The Labute approximate surface area is 123 Å². The highest BCUT2D eigenvalue weighted by Crippen LogP contribution is 2.07. The van der Waals surface area contributed by atoms with Crippen LogP contribution in [-0.2, 0) is 6.54 Å². The van der Waals surface area contributed by atoms with Crippen LogP contribution >= 0.6 is 0 Å². The van der Waals surface area contributed by atoms with E-state index in [2.05, 4.69) is 31.1 Å². The van der Waals surface area contributed by atoms with Crippen LogP contribution in [0.15, 0.2) is 24.3 Å². The Kier molecular flexibility index (Phi) is 8.47. The lowest BCUT2D eigenvalue weighted by molar-refractivity contribution is 0.313. The summed E-state index contributed by atoms with van der Waals surface area (Å²) in [6, 6.07) is 7.41. The van der Waals surface area contributed by atoms with Gasteiger partial charge in [0, 0.05) is 12.6 Å². The van der Waals surface area contributed by atoms with E-state index in [4.69, 9.17) is 0 Å². The fourth-order valence-electron chi connectivity index (χ4n) is 2.31. The van der Waals surface area contributed by atoms with Crippen molar-refractivity contribution in [3.8, 4) is 0 Å². The summed E-state index contributed by atoms with van der Waals surface area (Å²) in [7, 11) is 2.13. The van der Waals surface area contributed by atoms with E-state index in [0.717, 1.165) is 19.6 Å². The van der Waals surface area contributed by atoms with E-state index in [1.807, 2.05) is 12.1 Å². The number of nitrogens with one attached hydrogen (secondary N) is 1. The first-order valence-electron chi connectivity index (χ1n) is 7.78. The van der Waals surface area contributed by atoms with Crippen molar-refractivity contribution in [3.63, 3.8) is 0 Å². The molecule has 1 rings (SSSR count).